The van der Waals surface area contributed by atoms with Crippen LogP contribution in [-0.4, -0.2) is 24.2 Å². The second-order valence-electron chi connectivity index (χ2n) is 3.67. The van der Waals surface area contributed by atoms with E-state index >= 15 is 0 Å². The Morgan fingerprint density at radius 2 is 2.36 bits per heavy atom. The number of hydrogen-bond acceptors (Lipinski definition) is 3. The van der Waals surface area contributed by atoms with Crippen LogP contribution in [0.4, 0.5) is 5.82 Å². The Morgan fingerprint density at radius 1 is 1.43 bits per heavy atom. The van der Waals surface area contributed by atoms with Crippen LogP contribution >= 0.6 is 0 Å². The number of hydrogen-bond donors (Lipinski definition) is 1. The fraction of sp³-hybridized carbons (Fsp3) is 0.545. The summed E-state index contributed by atoms with van der Waals surface area (Å²) >= 11 is 0. The van der Waals surface area contributed by atoms with E-state index in [1.807, 2.05) is 18.2 Å². The molecule has 1 fully saturated rings. The highest BCUT2D eigenvalue weighted by Crippen LogP contribution is 2.24. The quantitative estimate of drug-likeness (QED) is 0.796. The summed E-state index contributed by atoms with van der Waals surface area (Å²) in [6.45, 7) is 0. The summed E-state index contributed by atoms with van der Waals surface area (Å²) in [5, 5.41) is 3.41. The molecule has 3 heteroatoms. The van der Waals surface area contributed by atoms with E-state index in [-0.39, 0.29) is 0 Å². The maximum absolute atomic E-state index is 5.41. The largest absolute Gasteiger partial charge is 0.379 e. The number of rotatable bonds is 3. The van der Waals surface area contributed by atoms with Crippen molar-refractivity contribution in [3.8, 4) is 0 Å². The maximum Gasteiger partial charge on any atom is 0.126 e. The molecule has 1 aromatic heterocycles. The molecule has 1 aliphatic carbocycles. The molecule has 2 rings (SSSR count). The minimum absolute atomic E-state index is 0.344. The molecule has 0 aromatic carbocycles. The standard InChI is InChI=1S/C11H16N2O/c1-14-10-6-4-5-9(10)13-11-7-2-3-8-12-11/h2-3,7-10H,4-6H2,1H3,(H,12,13)/t9-,10-/m0/s1. The topological polar surface area (TPSA) is 34.1 Å². The normalized spacial score (nSPS) is 26.4. The molecule has 0 unspecified atom stereocenters. The van der Waals surface area contributed by atoms with Gasteiger partial charge in [0.05, 0.1) is 12.1 Å². The smallest absolute Gasteiger partial charge is 0.126 e. The third-order valence-electron chi connectivity index (χ3n) is 2.75. The molecule has 0 saturated heterocycles. The predicted octanol–water partition coefficient (Wildman–Crippen LogP) is 2.06. The van der Waals surface area contributed by atoms with E-state index in [0.29, 0.717) is 12.1 Å². The van der Waals surface area contributed by atoms with E-state index < -0.39 is 0 Å². The third-order valence-corrected chi connectivity index (χ3v) is 2.75. The average Bonchev–Trinajstić information content (AvgIpc) is 2.67. The van der Waals surface area contributed by atoms with Gasteiger partial charge in [-0.3, -0.25) is 0 Å². The number of aromatic nitrogens is 1. The Kier molecular flexibility index (Phi) is 2.99. The second-order valence-corrected chi connectivity index (χ2v) is 3.67. The van der Waals surface area contributed by atoms with Crippen molar-refractivity contribution in [2.45, 2.75) is 31.4 Å². The number of nitrogens with one attached hydrogen (secondary N) is 1. The van der Waals surface area contributed by atoms with Gasteiger partial charge in [-0.15, -0.1) is 0 Å². The molecule has 1 aliphatic rings. The summed E-state index contributed by atoms with van der Waals surface area (Å²) in [5.41, 5.74) is 0. The van der Waals surface area contributed by atoms with Gasteiger partial charge in [0.2, 0.25) is 0 Å². The summed E-state index contributed by atoms with van der Waals surface area (Å²) in [4.78, 5) is 4.24. The van der Waals surface area contributed by atoms with Crippen molar-refractivity contribution in [2.75, 3.05) is 12.4 Å². The lowest BCUT2D eigenvalue weighted by Gasteiger charge is -2.19. The Hall–Kier alpha value is -1.09. The second kappa shape index (κ2) is 4.42. The summed E-state index contributed by atoms with van der Waals surface area (Å²) in [6.07, 6.45) is 5.72. The van der Waals surface area contributed by atoms with Crippen molar-refractivity contribution >= 4 is 5.82 Å². The molecule has 1 saturated carbocycles. The number of anilines is 1. The van der Waals surface area contributed by atoms with Crippen LogP contribution in [0.25, 0.3) is 0 Å². The lowest BCUT2D eigenvalue weighted by Crippen LogP contribution is -2.29. The Morgan fingerprint density at radius 3 is 3.07 bits per heavy atom. The van der Waals surface area contributed by atoms with Gasteiger partial charge in [0.1, 0.15) is 5.82 Å². The van der Waals surface area contributed by atoms with Crippen LogP contribution in [0.3, 0.4) is 0 Å². The Bertz CT molecular complexity index is 276. The van der Waals surface area contributed by atoms with Gasteiger partial charge in [-0.2, -0.15) is 0 Å². The first-order valence-corrected chi connectivity index (χ1v) is 5.10. The zero-order valence-electron chi connectivity index (χ0n) is 8.44. The summed E-state index contributed by atoms with van der Waals surface area (Å²) < 4.78 is 5.41. The van der Waals surface area contributed by atoms with E-state index in [1.54, 1.807) is 13.3 Å². The van der Waals surface area contributed by atoms with Crippen LogP contribution < -0.4 is 5.32 Å². The van der Waals surface area contributed by atoms with Gasteiger partial charge >= 0.3 is 0 Å². The minimum atomic E-state index is 0.344. The molecule has 0 radical (unpaired) electrons. The first-order valence-electron chi connectivity index (χ1n) is 5.10. The maximum atomic E-state index is 5.41. The molecule has 76 valence electrons. The highest BCUT2D eigenvalue weighted by Gasteiger charge is 2.26. The van der Waals surface area contributed by atoms with Crippen LogP contribution in [-0.2, 0) is 4.74 Å². The molecule has 3 nitrogen and oxygen atoms in total. The van der Waals surface area contributed by atoms with E-state index in [0.717, 1.165) is 12.2 Å². The van der Waals surface area contributed by atoms with Crippen LogP contribution in [0.1, 0.15) is 19.3 Å². The molecular weight excluding hydrogens is 176 g/mol. The van der Waals surface area contributed by atoms with Crippen LogP contribution in [0.15, 0.2) is 24.4 Å². The number of pyridine rings is 1. The van der Waals surface area contributed by atoms with Crippen molar-refractivity contribution in [1.82, 2.24) is 4.98 Å². The monoisotopic (exact) mass is 192 g/mol. The van der Waals surface area contributed by atoms with Crippen molar-refractivity contribution < 1.29 is 4.74 Å². The van der Waals surface area contributed by atoms with Crippen molar-refractivity contribution in [2.24, 2.45) is 0 Å². The van der Waals surface area contributed by atoms with Gasteiger partial charge in [-0.25, -0.2) is 4.98 Å². The third kappa shape index (κ3) is 2.04. The number of nitrogens with zero attached hydrogens (tertiary/aromatic N) is 1. The van der Waals surface area contributed by atoms with Crippen molar-refractivity contribution in [3.63, 3.8) is 0 Å². The van der Waals surface area contributed by atoms with Crippen LogP contribution in [0.2, 0.25) is 0 Å². The molecule has 2 atom stereocenters. The molecular formula is C11H16N2O. The van der Waals surface area contributed by atoms with Crippen LogP contribution in [0, 0.1) is 0 Å². The van der Waals surface area contributed by atoms with Gasteiger partial charge in [0.15, 0.2) is 0 Å². The summed E-state index contributed by atoms with van der Waals surface area (Å²) in [5.74, 6) is 0.946. The fourth-order valence-corrected chi connectivity index (χ4v) is 2.01. The van der Waals surface area contributed by atoms with Gasteiger partial charge in [-0.1, -0.05) is 6.07 Å². The SMILES string of the molecule is CO[C@H]1CCC[C@@H]1Nc1ccccn1. The molecule has 0 spiro atoms. The van der Waals surface area contributed by atoms with E-state index in [4.69, 9.17) is 4.74 Å². The fourth-order valence-electron chi connectivity index (χ4n) is 2.01. The minimum Gasteiger partial charge on any atom is -0.379 e. The van der Waals surface area contributed by atoms with Crippen molar-refractivity contribution in [3.05, 3.63) is 24.4 Å². The van der Waals surface area contributed by atoms with Gasteiger partial charge < -0.3 is 10.1 Å². The Balaban J connectivity index is 1.97. The molecule has 1 N–H and O–H groups in total. The van der Waals surface area contributed by atoms with E-state index in [1.165, 1.54) is 12.8 Å². The highest BCUT2D eigenvalue weighted by atomic mass is 16.5. The molecule has 14 heavy (non-hydrogen) atoms. The number of ether oxygens (including phenoxy) is 1. The number of methoxy groups -OCH3 is 1. The van der Waals surface area contributed by atoms with Gasteiger partial charge in [0.25, 0.3) is 0 Å². The molecule has 1 heterocycles. The molecule has 0 bridgehead atoms. The first kappa shape index (κ1) is 9.46. The first-order chi connectivity index (χ1) is 6.90. The predicted molar refractivity (Wildman–Crippen MR) is 56.3 cm³/mol. The van der Waals surface area contributed by atoms with Gasteiger partial charge in [0, 0.05) is 13.3 Å². The molecule has 0 aliphatic heterocycles. The van der Waals surface area contributed by atoms with E-state index in [9.17, 15) is 0 Å². The van der Waals surface area contributed by atoms with Crippen LogP contribution in [0.5, 0.6) is 0 Å². The zero-order valence-corrected chi connectivity index (χ0v) is 8.44. The molecule has 1 aromatic rings. The van der Waals surface area contributed by atoms with E-state index in [2.05, 4.69) is 10.3 Å². The zero-order chi connectivity index (χ0) is 9.80. The Labute approximate surface area is 84.5 Å². The highest BCUT2D eigenvalue weighted by molar-refractivity contribution is 5.35. The average molecular weight is 192 g/mol. The lowest BCUT2D eigenvalue weighted by molar-refractivity contribution is 0.101. The van der Waals surface area contributed by atoms with Gasteiger partial charge in [-0.05, 0) is 31.4 Å². The summed E-state index contributed by atoms with van der Waals surface area (Å²) in [6, 6.07) is 6.33. The van der Waals surface area contributed by atoms with Crippen molar-refractivity contribution in [1.29, 1.82) is 0 Å². The summed E-state index contributed by atoms with van der Waals surface area (Å²) in [7, 11) is 1.78. The molecule has 0 amide bonds. The lowest BCUT2D eigenvalue weighted by atomic mass is 10.2.